The molecule has 0 saturated carbocycles. The van der Waals surface area contributed by atoms with Crippen LogP contribution in [0.4, 0.5) is 10.1 Å². The van der Waals surface area contributed by atoms with Gasteiger partial charge >= 0.3 is 0 Å². The maximum atomic E-state index is 14.2. The Hall–Kier alpha value is -1.99. The highest BCUT2D eigenvalue weighted by Gasteiger charge is 2.28. The number of carbonyl (C=O) groups is 2. The number of amides is 2. The minimum atomic E-state index is -0.584. The number of piperidine rings is 1. The molecule has 0 spiro atoms. The van der Waals surface area contributed by atoms with Crippen LogP contribution in [0.25, 0.3) is 0 Å². The van der Waals surface area contributed by atoms with E-state index < -0.39 is 5.82 Å². The number of halogens is 1. The molecular weight excluding hydrogens is 327 g/mol. The van der Waals surface area contributed by atoms with Gasteiger partial charge in [-0.15, -0.1) is 0 Å². The van der Waals surface area contributed by atoms with E-state index in [1.54, 1.807) is 15.9 Å². The van der Waals surface area contributed by atoms with Crippen LogP contribution in [0.5, 0.6) is 0 Å². The van der Waals surface area contributed by atoms with Gasteiger partial charge < -0.3 is 19.6 Å². The first kappa shape index (κ1) is 17.8. The number of hydrogen-bond acceptors (Lipinski definition) is 4. The van der Waals surface area contributed by atoms with Crippen molar-refractivity contribution in [3.05, 3.63) is 29.6 Å². The van der Waals surface area contributed by atoms with E-state index in [0.29, 0.717) is 31.7 Å². The summed E-state index contributed by atoms with van der Waals surface area (Å²) in [5, 5.41) is 8.85. The van der Waals surface area contributed by atoms with E-state index in [4.69, 9.17) is 9.84 Å². The standard InChI is InChI=1S/C18H23FN2O4/c19-16-6-5-13(21-8-2-4-17(21)23)11-15(16)18(24)20-7-1-3-14(12-20)25-10-9-22/h5-6,11,14,22H,1-4,7-10,12H2. The van der Waals surface area contributed by atoms with Crippen molar-refractivity contribution in [2.75, 3.05) is 37.7 Å². The van der Waals surface area contributed by atoms with Crippen LogP contribution in [0.3, 0.4) is 0 Å². The smallest absolute Gasteiger partial charge is 0.256 e. The Bertz CT molecular complexity index is 652. The lowest BCUT2D eigenvalue weighted by atomic mass is 10.1. The predicted octanol–water partition coefficient (Wildman–Crippen LogP) is 1.57. The number of carbonyl (C=O) groups excluding carboxylic acids is 2. The molecule has 2 heterocycles. The monoisotopic (exact) mass is 350 g/mol. The number of hydrogen-bond donors (Lipinski definition) is 1. The van der Waals surface area contributed by atoms with Crippen molar-refractivity contribution in [3.63, 3.8) is 0 Å². The van der Waals surface area contributed by atoms with E-state index in [1.165, 1.54) is 12.1 Å². The van der Waals surface area contributed by atoms with Gasteiger partial charge in [-0.05, 0) is 37.5 Å². The zero-order valence-electron chi connectivity index (χ0n) is 14.1. The van der Waals surface area contributed by atoms with Crippen molar-refractivity contribution in [1.29, 1.82) is 0 Å². The Kier molecular flexibility index (Phi) is 5.65. The third kappa shape index (κ3) is 3.99. The third-order valence-electron chi connectivity index (χ3n) is 4.68. The topological polar surface area (TPSA) is 70.1 Å². The van der Waals surface area contributed by atoms with Gasteiger partial charge in [0.1, 0.15) is 5.82 Å². The summed E-state index contributed by atoms with van der Waals surface area (Å²) < 4.78 is 19.8. The Morgan fingerprint density at radius 3 is 2.88 bits per heavy atom. The highest BCUT2D eigenvalue weighted by molar-refractivity contribution is 5.99. The SMILES string of the molecule is O=C(c1cc(N2CCCC2=O)ccc1F)N1CCCC(OCCO)C1. The number of likely N-dealkylation sites (tertiary alicyclic amines) is 1. The van der Waals surface area contributed by atoms with E-state index in [-0.39, 0.29) is 36.7 Å². The Labute approximate surface area is 146 Å². The Morgan fingerprint density at radius 1 is 1.32 bits per heavy atom. The van der Waals surface area contributed by atoms with Crippen LogP contribution in [0.1, 0.15) is 36.0 Å². The molecule has 136 valence electrons. The lowest BCUT2D eigenvalue weighted by Gasteiger charge is -2.33. The molecule has 1 aromatic carbocycles. The van der Waals surface area contributed by atoms with Crippen LogP contribution in [-0.2, 0) is 9.53 Å². The van der Waals surface area contributed by atoms with Gasteiger partial charge in [0.2, 0.25) is 5.91 Å². The molecule has 6 nitrogen and oxygen atoms in total. The van der Waals surface area contributed by atoms with Gasteiger partial charge in [-0.25, -0.2) is 4.39 Å². The third-order valence-corrected chi connectivity index (χ3v) is 4.68. The number of ether oxygens (including phenoxy) is 1. The van der Waals surface area contributed by atoms with Crippen molar-refractivity contribution < 1.29 is 23.8 Å². The number of nitrogens with zero attached hydrogens (tertiary/aromatic N) is 2. The predicted molar refractivity (Wildman–Crippen MR) is 90.0 cm³/mol. The lowest BCUT2D eigenvalue weighted by Crippen LogP contribution is -2.43. The molecule has 1 atom stereocenters. The van der Waals surface area contributed by atoms with Gasteiger partial charge in [-0.2, -0.15) is 0 Å². The maximum absolute atomic E-state index is 14.2. The summed E-state index contributed by atoms with van der Waals surface area (Å²) in [7, 11) is 0. The second-order valence-corrected chi connectivity index (χ2v) is 6.42. The van der Waals surface area contributed by atoms with E-state index in [2.05, 4.69) is 0 Å². The average Bonchev–Trinajstić information content (AvgIpc) is 3.06. The quantitative estimate of drug-likeness (QED) is 0.875. The minimum Gasteiger partial charge on any atom is -0.394 e. The molecule has 1 aromatic rings. The molecule has 1 unspecified atom stereocenters. The Balaban J connectivity index is 1.75. The van der Waals surface area contributed by atoms with Gasteiger partial charge in [-0.1, -0.05) is 0 Å². The van der Waals surface area contributed by atoms with Gasteiger partial charge in [-0.3, -0.25) is 9.59 Å². The summed E-state index contributed by atoms with van der Waals surface area (Å²) >= 11 is 0. The van der Waals surface area contributed by atoms with Crippen LogP contribution >= 0.6 is 0 Å². The highest BCUT2D eigenvalue weighted by Crippen LogP contribution is 2.25. The van der Waals surface area contributed by atoms with Crippen molar-refractivity contribution in [3.8, 4) is 0 Å². The lowest BCUT2D eigenvalue weighted by molar-refractivity contribution is -0.117. The van der Waals surface area contributed by atoms with Gasteiger partial charge in [0.15, 0.2) is 0 Å². The molecule has 0 aromatic heterocycles. The van der Waals surface area contributed by atoms with Crippen molar-refractivity contribution in [1.82, 2.24) is 4.90 Å². The van der Waals surface area contributed by atoms with Gasteiger partial charge in [0.05, 0.1) is 24.9 Å². The molecule has 0 radical (unpaired) electrons. The molecule has 1 N–H and O–H groups in total. The number of aliphatic hydroxyl groups is 1. The fraction of sp³-hybridized carbons (Fsp3) is 0.556. The van der Waals surface area contributed by atoms with Crippen molar-refractivity contribution in [2.45, 2.75) is 31.8 Å². The summed E-state index contributed by atoms with van der Waals surface area (Å²) in [6, 6.07) is 4.26. The fourth-order valence-corrected chi connectivity index (χ4v) is 3.41. The molecule has 2 aliphatic heterocycles. The van der Waals surface area contributed by atoms with Crippen LogP contribution in [0.15, 0.2) is 18.2 Å². The van der Waals surface area contributed by atoms with E-state index in [0.717, 1.165) is 19.3 Å². The summed E-state index contributed by atoms with van der Waals surface area (Å²) in [6.45, 7) is 1.69. The van der Waals surface area contributed by atoms with E-state index in [9.17, 15) is 14.0 Å². The largest absolute Gasteiger partial charge is 0.394 e. The zero-order chi connectivity index (χ0) is 17.8. The first-order valence-corrected chi connectivity index (χ1v) is 8.72. The minimum absolute atomic E-state index is 0.000414. The molecule has 0 aliphatic carbocycles. The molecule has 0 bridgehead atoms. The Morgan fingerprint density at radius 2 is 2.16 bits per heavy atom. The maximum Gasteiger partial charge on any atom is 0.256 e. The van der Waals surface area contributed by atoms with Crippen LogP contribution in [0, 0.1) is 5.82 Å². The molecule has 2 saturated heterocycles. The summed E-state index contributed by atoms with van der Waals surface area (Å²) in [5.74, 6) is -0.970. The molecular formula is C18H23FN2O4. The molecule has 3 rings (SSSR count). The van der Waals surface area contributed by atoms with E-state index >= 15 is 0 Å². The molecule has 25 heavy (non-hydrogen) atoms. The number of rotatable bonds is 5. The van der Waals surface area contributed by atoms with Gasteiger partial charge in [0, 0.05) is 31.7 Å². The average molecular weight is 350 g/mol. The van der Waals surface area contributed by atoms with Crippen LogP contribution in [-0.4, -0.2) is 60.8 Å². The first-order valence-electron chi connectivity index (χ1n) is 8.72. The summed E-state index contributed by atoms with van der Waals surface area (Å²) in [5.41, 5.74) is 0.553. The first-order chi connectivity index (χ1) is 12.1. The van der Waals surface area contributed by atoms with Gasteiger partial charge in [0.25, 0.3) is 5.91 Å². The second kappa shape index (κ2) is 7.93. The zero-order valence-corrected chi connectivity index (χ0v) is 14.1. The van der Waals surface area contributed by atoms with Crippen LogP contribution in [0.2, 0.25) is 0 Å². The summed E-state index contributed by atoms with van der Waals surface area (Å²) in [6.07, 6.45) is 2.70. The molecule has 2 amide bonds. The van der Waals surface area contributed by atoms with Crippen LogP contribution < -0.4 is 4.90 Å². The number of anilines is 1. The fourth-order valence-electron chi connectivity index (χ4n) is 3.41. The van der Waals surface area contributed by atoms with Crippen molar-refractivity contribution >= 4 is 17.5 Å². The number of aliphatic hydroxyl groups excluding tert-OH is 1. The summed E-state index contributed by atoms with van der Waals surface area (Å²) in [4.78, 5) is 27.8. The van der Waals surface area contributed by atoms with E-state index in [1.807, 2.05) is 0 Å². The normalized spacial score (nSPS) is 21.0. The highest BCUT2D eigenvalue weighted by atomic mass is 19.1. The van der Waals surface area contributed by atoms with Crippen molar-refractivity contribution in [2.24, 2.45) is 0 Å². The molecule has 7 heteroatoms. The molecule has 2 aliphatic rings. The second-order valence-electron chi connectivity index (χ2n) is 6.42. The number of benzene rings is 1. The molecule has 2 fully saturated rings.